The third kappa shape index (κ3) is 6.09. The molecule has 0 unspecified atom stereocenters. The highest BCUT2D eigenvalue weighted by Gasteiger charge is 2.42. The van der Waals surface area contributed by atoms with Crippen LogP contribution in [-0.2, 0) is 23.9 Å². The van der Waals surface area contributed by atoms with Crippen molar-refractivity contribution in [3.63, 3.8) is 0 Å². The number of amidine groups is 1. The maximum absolute atomic E-state index is 13.4. The van der Waals surface area contributed by atoms with Crippen LogP contribution in [0.25, 0.3) is 0 Å². The summed E-state index contributed by atoms with van der Waals surface area (Å²) in [5, 5.41) is 2.66. The van der Waals surface area contributed by atoms with Crippen LogP contribution in [-0.4, -0.2) is 58.1 Å². The molecule has 3 aliphatic rings. The molecule has 1 aromatic carbocycles. The lowest BCUT2D eigenvalue weighted by Crippen LogP contribution is -2.44. The number of carbonyl (C=O) groups is 3. The first kappa shape index (κ1) is 27.0. The van der Waals surface area contributed by atoms with Gasteiger partial charge in [0.15, 0.2) is 5.17 Å². The van der Waals surface area contributed by atoms with E-state index in [2.05, 4.69) is 0 Å². The zero-order valence-corrected chi connectivity index (χ0v) is 23.0. The van der Waals surface area contributed by atoms with Crippen LogP contribution in [0.4, 0.5) is 0 Å². The van der Waals surface area contributed by atoms with Crippen molar-refractivity contribution in [1.29, 1.82) is 0 Å². The van der Waals surface area contributed by atoms with Gasteiger partial charge in [-0.25, -0.2) is 9.79 Å². The highest BCUT2D eigenvalue weighted by molar-refractivity contribution is 8.16. The van der Waals surface area contributed by atoms with E-state index in [1.165, 1.54) is 11.8 Å². The van der Waals surface area contributed by atoms with E-state index < -0.39 is 17.6 Å². The van der Waals surface area contributed by atoms with E-state index in [-0.39, 0.29) is 24.2 Å². The SMILES string of the molecule is CCOC(=O)[C@@H]1CCCN(C(=O)CC2=CSC3=NC(C)=C(C(=O)OC(C)(C)C)[C@H](c4ccccc4)N23)C1. The number of nitrogens with zero attached hydrogens (tertiary/aromatic N) is 3. The molecule has 0 N–H and O–H groups in total. The summed E-state index contributed by atoms with van der Waals surface area (Å²) >= 11 is 1.45. The fraction of sp³-hybridized carbons (Fsp3) is 0.500. The number of fused-ring (bicyclic) bond motifs is 1. The van der Waals surface area contributed by atoms with Gasteiger partial charge in [-0.15, -0.1) is 0 Å². The van der Waals surface area contributed by atoms with Gasteiger partial charge in [-0.05, 0) is 58.4 Å². The highest BCUT2D eigenvalue weighted by atomic mass is 32.2. The maximum Gasteiger partial charge on any atom is 0.338 e. The molecule has 0 saturated carbocycles. The summed E-state index contributed by atoms with van der Waals surface area (Å²) in [6.45, 7) is 10.4. The van der Waals surface area contributed by atoms with Crippen molar-refractivity contribution in [1.82, 2.24) is 9.80 Å². The fourth-order valence-corrected chi connectivity index (χ4v) is 5.80. The number of esters is 2. The second kappa shape index (κ2) is 11.1. The Kier molecular flexibility index (Phi) is 8.11. The number of ether oxygens (including phenoxy) is 2. The van der Waals surface area contributed by atoms with Gasteiger partial charge in [0, 0.05) is 18.8 Å². The molecule has 0 aliphatic carbocycles. The Morgan fingerprint density at radius 1 is 1.16 bits per heavy atom. The number of piperidine rings is 1. The van der Waals surface area contributed by atoms with Gasteiger partial charge in [0.25, 0.3) is 0 Å². The highest BCUT2D eigenvalue weighted by Crippen LogP contribution is 2.45. The molecule has 3 heterocycles. The molecule has 1 amide bonds. The summed E-state index contributed by atoms with van der Waals surface area (Å²) < 4.78 is 11.0. The van der Waals surface area contributed by atoms with E-state index >= 15 is 0 Å². The van der Waals surface area contributed by atoms with E-state index in [1.54, 1.807) is 11.8 Å². The summed E-state index contributed by atoms with van der Waals surface area (Å²) in [7, 11) is 0. The van der Waals surface area contributed by atoms with Crippen LogP contribution in [0.2, 0.25) is 0 Å². The number of aliphatic imine (C=N–C) groups is 1. The topological polar surface area (TPSA) is 88.5 Å². The molecule has 0 aromatic heterocycles. The van der Waals surface area contributed by atoms with Gasteiger partial charge < -0.3 is 19.3 Å². The van der Waals surface area contributed by atoms with E-state index in [9.17, 15) is 14.4 Å². The number of likely N-dealkylation sites (tertiary alicyclic amines) is 1. The minimum atomic E-state index is -0.659. The lowest BCUT2D eigenvalue weighted by Gasteiger charge is -2.38. The predicted octanol–water partition coefficient (Wildman–Crippen LogP) is 4.80. The van der Waals surface area contributed by atoms with Crippen LogP contribution in [0.1, 0.15) is 65.5 Å². The molecule has 3 aliphatic heterocycles. The monoisotopic (exact) mass is 525 g/mol. The Morgan fingerprint density at radius 3 is 2.57 bits per heavy atom. The van der Waals surface area contributed by atoms with Gasteiger partial charge in [0.2, 0.25) is 5.91 Å². The quantitative estimate of drug-likeness (QED) is 0.493. The molecule has 9 heteroatoms. The summed E-state index contributed by atoms with van der Waals surface area (Å²) in [6.07, 6.45) is 1.63. The second-order valence-corrected chi connectivity index (χ2v) is 11.2. The van der Waals surface area contributed by atoms with Crippen molar-refractivity contribution in [2.45, 2.75) is 65.5 Å². The first-order valence-corrected chi connectivity index (χ1v) is 13.6. The number of thioether (sulfide) groups is 1. The Morgan fingerprint density at radius 2 is 1.89 bits per heavy atom. The molecule has 0 bridgehead atoms. The number of allylic oxidation sites excluding steroid dienone is 1. The van der Waals surface area contributed by atoms with E-state index in [1.807, 2.05) is 68.3 Å². The number of hydrogen-bond acceptors (Lipinski definition) is 8. The van der Waals surface area contributed by atoms with Gasteiger partial charge in [0.05, 0.1) is 36.3 Å². The average Bonchev–Trinajstić information content (AvgIpc) is 3.24. The number of rotatable bonds is 6. The second-order valence-electron chi connectivity index (χ2n) is 10.4. The molecular formula is C28H35N3O5S. The van der Waals surface area contributed by atoms with E-state index in [0.717, 1.165) is 29.3 Å². The Labute approximate surface area is 222 Å². The maximum atomic E-state index is 13.4. The van der Waals surface area contributed by atoms with Crippen LogP contribution in [0.15, 0.2) is 57.7 Å². The number of hydrogen-bond donors (Lipinski definition) is 0. The minimum Gasteiger partial charge on any atom is -0.466 e. The van der Waals surface area contributed by atoms with Crippen LogP contribution in [0.3, 0.4) is 0 Å². The third-order valence-electron chi connectivity index (χ3n) is 6.46. The van der Waals surface area contributed by atoms with Gasteiger partial charge in [-0.2, -0.15) is 0 Å². The third-order valence-corrected chi connectivity index (χ3v) is 7.35. The number of carbonyl (C=O) groups excluding carboxylic acids is 3. The lowest BCUT2D eigenvalue weighted by molar-refractivity contribution is -0.152. The molecule has 2 atom stereocenters. The summed E-state index contributed by atoms with van der Waals surface area (Å²) in [5.41, 5.74) is 2.10. The number of benzene rings is 1. The summed E-state index contributed by atoms with van der Waals surface area (Å²) in [6, 6.07) is 9.28. The minimum absolute atomic E-state index is 0.0565. The van der Waals surface area contributed by atoms with Crippen molar-refractivity contribution in [2.75, 3.05) is 19.7 Å². The van der Waals surface area contributed by atoms with E-state index in [4.69, 9.17) is 14.5 Å². The van der Waals surface area contributed by atoms with Crippen molar-refractivity contribution < 1.29 is 23.9 Å². The summed E-state index contributed by atoms with van der Waals surface area (Å²) in [4.78, 5) is 47.6. The molecular weight excluding hydrogens is 490 g/mol. The lowest BCUT2D eigenvalue weighted by atomic mass is 9.93. The molecule has 0 radical (unpaired) electrons. The average molecular weight is 526 g/mol. The van der Waals surface area contributed by atoms with Gasteiger partial charge >= 0.3 is 11.9 Å². The Hall–Kier alpha value is -3.07. The van der Waals surface area contributed by atoms with Gasteiger partial charge in [0.1, 0.15) is 5.60 Å². The summed E-state index contributed by atoms with van der Waals surface area (Å²) in [5.74, 6) is -1.01. The molecule has 4 rings (SSSR count). The number of amides is 1. The molecule has 198 valence electrons. The first-order chi connectivity index (χ1) is 17.6. The first-order valence-electron chi connectivity index (χ1n) is 12.8. The molecule has 1 fully saturated rings. The normalized spacial score (nSPS) is 21.8. The molecule has 0 spiro atoms. The van der Waals surface area contributed by atoms with Crippen LogP contribution >= 0.6 is 11.8 Å². The zero-order valence-electron chi connectivity index (χ0n) is 22.2. The largest absolute Gasteiger partial charge is 0.466 e. The van der Waals surface area contributed by atoms with Gasteiger partial charge in [-0.1, -0.05) is 42.1 Å². The molecule has 1 aromatic rings. The Bertz CT molecular complexity index is 1150. The van der Waals surface area contributed by atoms with E-state index in [0.29, 0.717) is 31.0 Å². The zero-order chi connectivity index (χ0) is 26.7. The van der Waals surface area contributed by atoms with Crippen LogP contribution in [0, 0.1) is 5.92 Å². The predicted molar refractivity (Wildman–Crippen MR) is 143 cm³/mol. The van der Waals surface area contributed by atoms with Crippen LogP contribution in [0.5, 0.6) is 0 Å². The fourth-order valence-electron chi connectivity index (χ4n) is 4.84. The van der Waals surface area contributed by atoms with Crippen molar-refractivity contribution in [3.8, 4) is 0 Å². The molecule has 8 nitrogen and oxygen atoms in total. The van der Waals surface area contributed by atoms with Crippen molar-refractivity contribution in [2.24, 2.45) is 10.9 Å². The van der Waals surface area contributed by atoms with Crippen molar-refractivity contribution >= 4 is 34.8 Å². The molecule has 37 heavy (non-hydrogen) atoms. The smallest absolute Gasteiger partial charge is 0.338 e. The standard InChI is InChI=1S/C28H35N3O5S/c1-6-35-25(33)20-13-10-14-30(16-20)22(32)15-21-17-37-27-29-18(2)23(26(34)36-28(3,4)5)24(31(21)27)19-11-8-7-9-12-19/h7-9,11-12,17,20,24H,6,10,13-16H2,1-5H3/t20-,24+/m1/s1. The Balaban J connectivity index is 1.60. The van der Waals surface area contributed by atoms with Crippen LogP contribution < -0.4 is 0 Å². The molecule has 1 saturated heterocycles. The van der Waals surface area contributed by atoms with Gasteiger partial charge in [-0.3, -0.25) is 9.59 Å². The van der Waals surface area contributed by atoms with Crippen molar-refractivity contribution in [3.05, 3.63) is 58.3 Å².